The molecule has 0 aliphatic heterocycles. The van der Waals surface area contributed by atoms with Gasteiger partial charge >= 0.3 is 0 Å². The van der Waals surface area contributed by atoms with E-state index in [0.29, 0.717) is 12.8 Å². The fourth-order valence-electron chi connectivity index (χ4n) is 2.44. The molecule has 2 N–H and O–H groups in total. The van der Waals surface area contributed by atoms with Gasteiger partial charge in [0.2, 0.25) is 0 Å². The van der Waals surface area contributed by atoms with Crippen LogP contribution in [-0.2, 0) is 10.1 Å². The van der Waals surface area contributed by atoms with Crippen molar-refractivity contribution in [2.45, 2.75) is 95.8 Å². The van der Waals surface area contributed by atoms with E-state index >= 15 is 0 Å². The average molecular weight is 308 g/mol. The van der Waals surface area contributed by atoms with Gasteiger partial charge in [-0.1, -0.05) is 58.8 Å². The number of hydrogen-bond acceptors (Lipinski definition) is 3. The molecule has 0 spiro atoms. The van der Waals surface area contributed by atoms with Crippen LogP contribution in [0.25, 0.3) is 0 Å². The van der Waals surface area contributed by atoms with Crippen molar-refractivity contribution in [2.24, 2.45) is 0 Å². The van der Waals surface area contributed by atoms with Gasteiger partial charge < -0.3 is 5.11 Å². The largest absolute Gasteiger partial charge is 0.393 e. The minimum absolute atomic E-state index is 0.262. The molecule has 2 atom stereocenters. The van der Waals surface area contributed by atoms with Crippen LogP contribution < -0.4 is 0 Å². The molecule has 0 aromatic heterocycles. The van der Waals surface area contributed by atoms with Crippen LogP contribution in [-0.4, -0.2) is 29.4 Å². The fraction of sp³-hybridized carbons (Fsp3) is 1.00. The number of aliphatic hydroxyl groups excluding tert-OH is 1. The fourth-order valence-corrected chi connectivity index (χ4v) is 3.33. The highest BCUT2D eigenvalue weighted by Gasteiger charge is 2.20. The summed E-state index contributed by atoms with van der Waals surface area (Å²) in [7, 11) is -3.90. The molecule has 20 heavy (non-hydrogen) atoms. The third kappa shape index (κ3) is 10.6. The highest BCUT2D eigenvalue weighted by atomic mass is 32.2. The van der Waals surface area contributed by atoms with E-state index in [9.17, 15) is 13.5 Å². The maximum absolute atomic E-state index is 11.0. The zero-order valence-electron chi connectivity index (χ0n) is 13.1. The van der Waals surface area contributed by atoms with Gasteiger partial charge in [0.05, 0.1) is 11.4 Å². The third-order valence-electron chi connectivity index (χ3n) is 3.83. The molecule has 0 radical (unpaired) electrons. The van der Waals surface area contributed by atoms with Crippen molar-refractivity contribution in [3.8, 4) is 0 Å². The van der Waals surface area contributed by atoms with Crippen LogP contribution in [0.4, 0.5) is 0 Å². The third-order valence-corrected chi connectivity index (χ3v) is 5.24. The summed E-state index contributed by atoms with van der Waals surface area (Å²) in [4.78, 5) is 0. The summed E-state index contributed by atoms with van der Waals surface area (Å²) < 4.78 is 31.0. The van der Waals surface area contributed by atoms with Gasteiger partial charge in [0.15, 0.2) is 0 Å². The lowest BCUT2D eigenvalue weighted by Crippen LogP contribution is -2.19. The zero-order chi connectivity index (χ0) is 15.4. The minimum Gasteiger partial charge on any atom is -0.393 e. The Kier molecular flexibility index (Phi) is 11.4. The first kappa shape index (κ1) is 19.9. The summed E-state index contributed by atoms with van der Waals surface area (Å²) in [6.07, 6.45) is 9.81. The van der Waals surface area contributed by atoms with E-state index in [0.717, 1.165) is 32.1 Å². The Labute approximate surface area is 124 Å². The smallest absolute Gasteiger partial charge is 0.267 e. The molecular formula is C15H32O4S. The summed E-state index contributed by atoms with van der Waals surface area (Å²) in [5.74, 6) is 0. The van der Waals surface area contributed by atoms with Crippen molar-refractivity contribution in [1.29, 1.82) is 0 Å². The Bertz CT molecular complexity index is 314. The predicted octanol–water partition coefficient (Wildman–Crippen LogP) is 3.93. The first-order chi connectivity index (χ1) is 9.41. The van der Waals surface area contributed by atoms with Gasteiger partial charge in [0.25, 0.3) is 10.1 Å². The zero-order valence-corrected chi connectivity index (χ0v) is 13.9. The second-order valence-corrected chi connectivity index (χ2v) is 7.38. The molecule has 0 saturated heterocycles. The number of unbranched alkanes of at least 4 members (excludes halogenated alkanes) is 5. The molecule has 0 aromatic carbocycles. The molecule has 0 heterocycles. The second-order valence-electron chi connectivity index (χ2n) is 5.69. The molecule has 5 heteroatoms. The Morgan fingerprint density at radius 3 is 1.85 bits per heavy atom. The molecule has 0 bridgehead atoms. The van der Waals surface area contributed by atoms with Gasteiger partial charge in [0, 0.05) is 0 Å². The van der Waals surface area contributed by atoms with Crippen LogP contribution in [0.2, 0.25) is 0 Å². The standard InChI is InChI=1S/C15H32O4S/c1-3-5-6-7-8-11-14(16)12-9-10-13-15(4-2)20(17,18)19/h14-16H,3-13H2,1-2H3,(H,17,18,19). The van der Waals surface area contributed by atoms with Crippen molar-refractivity contribution < 1.29 is 18.1 Å². The van der Waals surface area contributed by atoms with Gasteiger partial charge in [-0.2, -0.15) is 8.42 Å². The number of hydrogen-bond donors (Lipinski definition) is 2. The van der Waals surface area contributed by atoms with E-state index in [-0.39, 0.29) is 6.10 Å². The molecule has 122 valence electrons. The van der Waals surface area contributed by atoms with E-state index < -0.39 is 15.4 Å². The molecule has 0 saturated carbocycles. The van der Waals surface area contributed by atoms with Crippen LogP contribution in [0.1, 0.15) is 84.5 Å². The quantitative estimate of drug-likeness (QED) is 0.399. The van der Waals surface area contributed by atoms with E-state index in [1.807, 2.05) is 0 Å². The van der Waals surface area contributed by atoms with Crippen LogP contribution >= 0.6 is 0 Å². The van der Waals surface area contributed by atoms with Crippen molar-refractivity contribution in [3.05, 3.63) is 0 Å². The summed E-state index contributed by atoms with van der Waals surface area (Å²) in [5.41, 5.74) is 0. The monoisotopic (exact) mass is 308 g/mol. The SMILES string of the molecule is CCCCCCCC(O)CCCCC(CC)S(=O)(=O)O. The summed E-state index contributed by atoms with van der Waals surface area (Å²) in [6.45, 7) is 3.95. The van der Waals surface area contributed by atoms with E-state index in [4.69, 9.17) is 4.55 Å². The van der Waals surface area contributed by atoms with E-state index in [1.165, 1.54) is 25.7 Å². The highest BCUT2D eigenvalue weighted by molar-refractivity contribution is 7.86. The minimum atomic E-state index is -3.90. The lowest BCUT2D eigenvalue weighted by atomic mass is 10.0. The summed E-state index contributed by atoms with van der Waals surface area (Å²) in [5, 5.41) is 9.18. The van der Waals surface area contributed by atoms with Gasteiger partial charge in [-0.25, -0.2) is 0 Å². The maximum Gasteiger partial charge on any atom is 0.267 e. The van der Waals surface area contributed by atoms with Crippen molar-refractivity contribution in [3.63, 3.8) is 0 Å². The lowest BCUT2D eigenvalue weighted by Gasteiger charge is -2.13. The van der Waals surface area contributed by atoms with Crippen LogP contribution in [0.15, 0.2) is 0 Å². The molecular weight excluding hydrogens is 276 g/mol. The molecule has 0 fully saturated rings. The lowest BCUT2D eigenvalue weighted by molar-refractivity contribution is 0.147. The normalized spacial score (nSPS) is 15.2. The van der Waals surface area contributed by atoms with Crippen LogP contribution in [0.3, 0.4) is 0 Å². The molecule has 0 aromatic rings. The molecule has 0 rings (SSSR count). The van der Waals surface area contributed by atoms with Gasteiger partial charge in [0.1, 0.15) is 0 Å². The Morgan fingerprint density at radius 2 is 1.35 bits per heavy atom. The molecule has 0 aliphatic carbocycles. The molecule has 4 nitrogen and oxygen atoms in total. The Morgan fingerprint density at radius 1 is 0.850 bits per heavy atom. The van der Waals surface area contributed by atoms with Gasteiger partial charge in [-0.3, -0.25) is 4.55 Å². The second kappa shape index (κ2) is 11.5. The van der Waals surface area contributed by atoms with Crippen molar-refractivity contribution in [1.82, 2.24) is 0 Å². The predicted molar refractivity (Wildman–Crippen MR) is 83.5 cm³/mol. The van der Waals surface area contributed by atoms with Gasteiger partial charge in [-0.05, 0) is 25.7 Å². The Balaban J connectivity index is 3.58. The van der Waals surface area contributed by atoms with Gasteiger partial charge in [-0.15, -0.1) is 0 Å². The van der Waals surface area contributed by atoms with Crippen molar-refractivity contribution >= 4 is 10.1 Å². The van der Waals surface area contributed by atoms with Crippen molar-refractivity contribution in [2.75, 3.05) is 0 Å². The maximum atomic E-state index is 11.0. The topological polar surface area (TPSA) is 74.6 Å². The average Bonchev–Trinajstić information content (AvgIpc) is 2.37. The van der Waals surface area contributed by atoms with E-state index in [2.05, 4.69) is 6.92 Å². The molecule has 0 aliphatic rings. The number of aliphatic hydroxyl groups is 1. The molecule has 0 amide bonds. The first-order valence-corrected chi connectivity index (χ1v) is 9.56. The summed E-state index contributed by atoms with van der Waals surface area (Å²) in [6, 6.07) is 0. The summed E-state index contributed by atoms with van der Waals surface area (Å²) >= 11 is 0. The molecule has 2 unspecified atom stereocenters. The number of rotatable bonds is 13. The highest BCUT2D eigenvalue weighted by Crippen LogP contribution is 2.16. The van der Waals surface area contributed by atoms with Crippen LogP contribution in [0.5, 0.6) is 0 Å². The Hall–Kier alpha value is -0.130. The van der Waals surface area contributed by atoms with E-state index in [1.54, 1.807) is 6.92 Å². The first-order valence-electron chi connectivity index (χ1n) is 8.06. The van der Waals surface area contributed by atoms with Crippen LogP contribution in [0, 0.1) is 0 Å².